The first kappa shape index (κ1) is 13.5. The van der Waals surface area contributed by atoms with Crippen LogP contribution < -0.4 is 5.32 Å². The molecule has 1 fully saturated rings. The first-order chi connectivity index (χ1) is 9.78. The zero-order valence-electron chi connectivity index (χ0n) is 12.0. The summed E-state index contributed by atoms with van der Waals surface area (Å²) < 4.78 is 0. The van der Waals surface area contributed by atoms with E-state index in [1.165, 1.54) is 23.3 Å². The number of hydrogen-bond donors (Lipinski definition) is 1. The molecular formula is C15H20N4S. The zero-order valence-corrected chi connectivity index (χ0v) is 12.8. The molecule has 2 aromatic heterocycles. The number of thiophene rings is 1. The maximum atomic E-state index is 4.66. The van der Waals surface area contributed by atoms with E-state index in [0.29, 0.717) is 6.04 Å². The van der Waals surface area contributed by atoms with E-state index in [2.05, 4.69) is 38.6 Å². The normalized spacial score (nSPS) is 19.4. The van der Waals surface area contributed by atoms with Gasteiger partial charge >= 0.3 is 0 Å². The predicted octanol–water partition coefficient (Wildman–Crippen LogP) is 3.23. The van der Waals surface area contributed by atoms with E-state index in [4.69, 9.17) is 0 Å². The Morgan fingerprint density at radius 1 is 1.45 bits per heavy atom. The predicted molar refractivity (Wildman–Crippen MR) is 83.0 cm³/mol. The number of likely N-dealkylation sites (tertiary alicyclic amines) is 1. The van der Waals surface area contributed by atoms with Crippen molar-refractivity contribution in [1.29, 1.82) is 0 Å². The van der Waals surface area contributed by atoms with Crippen LogP contribution in [0.1, 0.15) is 35.0 Å². The molecule has 20 heavy (non-hydrogen) atoms. The lowest BCUT2D eigenvalue weighted by molar-refractivity contribution is 0.246. The molecule has 0 spiro atoms. The van der Waals surface area contributed by atoms with Gasteiger partial charge in [0.15, 0.2) is 0 Å². The van der Waals surface area contributed by atoms with Gasteiger partial charge in [-0.25, -0.2) is 4.98 Å². The zero-order chi connectivity index (χ0) is 13.9. The molecule has 1 N–H and O–H groups in total. The molecule has 0 aromatic carbocycles. The molecule has 1 aliphatic rings. The number of anilines is 1. The molecule has 1 atom stereocenters. The van der Waals surface area contributed by atoms with Gasteiger partial charge in [0.25, 0.3) is 0 Å². The summed E-state index contributed by atoms with van der Waals surface area (Å²) in [5, 5.41) is 5.25. The fourth-order valence-corrected chi connectivity index (χ4v) is 3.69. The Bertz CT molecular complexity index is 581. The molecule has 5 heteroatoms. The van der Waals surface area contributed by atoms with E-state index in [1.807, 2.05) is 24.6 Å². The average Bonchev–Trinajstić information content (AvgIpc) is 3.09. The van der Waals surface area contributed by atoms with Crippen molar-refractivity contribution in [3.8, 4) is 0 Å². The Kier molecular flexibility index (Phi) is 3.98. The van der Waals surface area contributed by atoms with Crippen LogP contribution in [0.5, 0.6) is 0 Å². The Hall–Kier alpha value is -1.46. The summed E-state index contributed by atoms with van der Waals surface area (Å²) >= 11 is 1.85. The van der Waals surface area contributed by atoms with E-state index in [-0.39, 0.29) is 0 Å². The maximum absolute atomic E-state index is 4.66. The quantitative estimate of drug-likeness (QED) is 0.938. The molecule has 3 heterocycles. The summed E-state index contributed by atoms with van der Waals surface area (Å²) in [4.78, 5) is 13.0. The highest BCUT2D eigenvalue weighted by molar-refractivity contribution is 7.10. The number of aryl methyl sites for hydroxylation is 1. The van der Waals surface area contributed by atoms with Gasteiger partial charge in [0.05, 0.1) is 24.1 Å². The minimum Gasteiger partial charge on any atom is -0.372 e. The van der Waals surface area contributed by atoms with Crippen LogP contribution in [0.15, 0.2) is 23.8 Å². The largest absolute Gasteiger partial charge is 0.372 e. The topological polar surface area (TPSA) is 41.1 Å². The van der Waals surface area contributed by atoms with Gasteiger partial charge < -0.3 is 5.32 Å². The minimum absolute atomic E-state index is 0.400. The van der Waals surface area contributed by atoms with E-state index in [0.717, 1.165) is 24.6 Å². The first-order valence-corrected chi connectivity index (χ1v) is 7.92. The van der Waals surface area contributed by atoms with E-state index >= 15 is 0 Å². The third-order valence-corrected chi connectivity index (χ3v) is 4.94. The summed E-state index contributed by atoms with van der Waals surface area (Å²) in [6.07, 6.45) is 6.09. The van der Waals surface area contributed by atoms with Crippen molar-refractivity contribution in [2.24, 2.45) is 0 Å². The molecule has 1 unspecified atom stereocenters. The molecule has 0 bridgehead atoms. The highest BCUT2D eigenvalue weighted by Crippen LogP contribution is 2.33. The molecule has 4 nitrogen and oxygen atoms in total. The van der Waals surface area contributed by atoms with Gasteiger partial charge in [0, 0.05) is 18.5 Å². The minimum atomic E-state index is 0.400. The van der Waals surface area contributed by atoms with Crippen molar-refractivity contribution in [3.05, 3.63) is 40.0 Å². The van der Waals surface area contributed by atoms with Crippen LogP contribution in [0.3, 0.4) is 0 Å². The van der Waals surface area contributed by atoms with Gasteiger partial charge in [-0.05, 0) is 43.3 Å². The summed E-state index contributed by atoms with van der Waals surface area (Å²) in [6, 6.07) is 2.60. The summed E-state index contributed by atoms with van der Waals surface area (Å²) in [5.74, 6) is 0.849. The van der Waals surface area contributed by atoms with Crippen molar-refractivity contribution in [3.63, 3.8) is 0 Å². The standard InChI is InChI=1S/C15H20N4S/c1-11-5-7-20-14(11)10-19-6-3-4-13(19)12-8-17-9-15(16-2)18-12/h5,7-9,13H,3-4,6,10H2,1-2H3,(H,16,18). The highest BCUT2D eigenvalue weighted by Gasteiger charge is 2.28. The molecule has 1 saturated heterocycles. The van der Waals surface area contributed by atoms with Crippen LogP contribution in [0.4, 0.5) is 5.82 Å². The smallest absolute Gasteiger partial charge is 0.144 e. The van der Waals surface area contributed by atoms with Crippen LogP contribution in [0.25, 0.3) is 0 Å². The molecule has 3 rings (SSSR count). The van der Waals surface area contributed by atoms with Gasteiger partial charge in [-0.2, -0.15) is 0 Å². The lowest BCUT2D eigenvalue weighted by Crippen LogP contribution is -2.23. The van der Waals surface area contributed by atoms with Crippen molar-refractivity contribution in [1.82, 2.24) is 14.9 Å². The number of rotatable bonds is 4. The maximum Gasteiger partial charge on any atom is 0.144 e. The van der Waals surface area contributed by atoms with Crippen molar-refractivity contribution >= 4 is 17.2 Å². The van der Waals surface area contributed by atoms with Gasteiger partial charge in [0.2, 0.25) is 0 Å². The Morgan fingerprint density at radius 3 is 3.10 bits per heavy atom. The lowest BCUT2D eigenvalue weighted by Gasteiger charge is -2.23. The van der Waals surface area contributed by atoms with Gasteiger partial charge in [-0.3, -0.25) is 9.88 Å². The Labute approximate surface area is 123 Å². The highest BCUT2D eigenvalue weighted by atomic mass is 32.1. The molecule has 1 aliphatic heterocycles. The van der Waals surface area contributed by atoms with Crippen molar-refractivity contribution in [2.45, 2.75) is 32.4 Å². The van der Waals surface area contributed by atoms with Crippen LogP contribution in [0.2, 0.25) is 0 Å². The lowest BCUT2D eigenvalue weighted by atomic mass is 10.1. The van der Waals surface area contributed by atoms with Crippen LogP contribution in [-0.4, -0.2) is 28.5 Å². The fraction of sp³-hybridized carbons (Fsp3) is 0.467. The van der Waals surface area contributed by atoms with E-state index in [1.54, 1.807) is 6.20 Å². The molecule has 0 aliphatic carbocycles. The molecule has 2 aromatic rings. The summed E-state index contributed by atoms with van der Waals surface area (Å²) in [7, 11) is 1.88. The van der Waals surface area contributed by atoms with Gasteiger partial charge in [0.1, 0.15) is 5.82 Å². The van der Waals surface area contributed by atoms with E-state index < -0.39 is 0 Å². The van der Waals surface area contributed by atoms with Crippen LogP contribution >= 0.6 is 11.3 Å². The second kappa shape index (κ2) is 5.89. The average molecular weight is 288 g/mol. The second-order valence-corrected chi connectivity index (χ2v) is 6.24. The van der Waals surface area contributed by atoms with Crippen molar-refractivity contribution in [2.75, 3.05) is 18.9 Å². The second-order valence-electron chi connectivity index (χ2n) is 5.23. The fourth-order valence-electron chi connectivity index (χ4n) is 2.76. The monoisotopic (exact) mass is 288 g/mol. The number of nitrogens with one attached hydrogen (secondary N) is 1. The molecular weight excluding hydrogens is 268 g/mol. The SMILES string of the molecule is CNc1cncc(C2CCCN2Cc2sccc2C)n1. The molecule has 106 valence electrons. The third kappa shape index (κ3) is 2.69. The van der Waals surface area contributed by atoms with Crippen LogP contribution in [0, 0.1) is 6.92 Å². The molecule has 0 amide bonds. The first-order valence-electron chi connectivity index (χ1n) is 7.04. The van der Waals surface area contributed by atoms with Gasteiger partial charge in [-0.15, -0.1) is 11.3 Å². The summed E-state index contributed by atoms with van der Waals surface area (Å²) in [6.45, 7) is 4.37. The number of nitrogens with zero attached hydrogens (tertiary/aromatic N) is 3. The number of hydrogen-bond acceptors (Lipinski definition) is 5. The number of aromatic nitrogens is 2. The molecule has 0 saturated carbocycles. The van der Waals surface area contributed by atoms with Crippen molar-refractivity contribution < 1.29 is 0 Å². The van der Waals surface area contributed by atoms with Crippen LogP contribution in [-0.2, 0) is 6.54 Å². The molecule has 0 radical (unpaired) electrons. The van der Waals surface area contributed by atoms with Gasteiger partial charge in [-0.1, -0.05) is 0 Å². The Balaban J connectivity index is 1.79. The summed E-state index contributed by atoms with van der Waals surface area (Å²) in [5.41, 5.74) is 2.49. The van der Waals surface area contributed by atoms with E-state index in [9.17, 15) is 0 Å². The third-order valence-electron chi connectivity index (χ3n) is 3.93. The Morgan fingerprint density at radius 2 is 2.35 bits per heavy atom.